The lowest BCUT2D eigenvalue weighted by molar-refractivity contribution is -0.196. The molecule has 0 bridgehead atoms. The number of benzene rings is 4. The van der Waals surface area contributed by atoms with E-state index in [4.69, 9.17) is 19.2 Å². The van der Waals surface area contributed by atoms with Crippen LogP contribution in [0.4, 0.5) is 0 Å². The highest BCUT2D eigenvalue weighted by Gasteiger charge is 2.48. The molecule has 47 heavy (non-hydrogen) atoms. The minimum atomic E-state index is -0.400. The second kappa shape index (κ2) is 15.3. The lowest BCUT2D eigenvalue weighted by atomic mass is 9.76. The first-order valence-corrected chi connectivity index (χ1v) is 17.0. The maximum absolute atomic E-state index is 13.1. The van der Waals surface area contributed by atoms with Crippen LogP contribution in [-0.4, -0.2) is 19.2 Å². The van der Waals surface area contributed by atoms with Crippen LogP contribution in [0.1, 0.15) is 84.4 Å². The van der Waals surface area contributed by atoms with Crippen molar-refractivity contribution in [1.29, 1.82) is 0 Å². The molecule has 1 atom stereocenters. The Morgan fingerprint density at radius 2 is 1.43 bits per heavy atom. The molecule has 0 saturated carbocycles. The van der Waals surface area contributed by atoms with Crippen molar-refractivity contribution < 1.29 is 24.0 Å². The number of fused-ring (bicyclic) bond motifs is 4. The van der Waals surface area contributed by atoms with Gasteiger partial charge in [-0.1, -0.05) is 105 Å². The fourth-order valence-corrected chi connectivity index (χ4v) is 6.96. The zero-order valence-electron chi connectivity index (χ0n) is 27.5. The molecule has 1 unspecified atom stereocenters. The van der Waals surface area contributed by atoms with E-state index >= 15 is 0 Å². The number of hydrogen-bond acceptors (Lipinski definition) is 5. The van der Waals surface area contributed by atoms with Crippen LogP contribution in [0.2, 0.25) is 0 Å². The predicted octanol–water partition coefficient (Wildman–Crippen LogP) is 9.78. The third-order valence-corrected chi connectivity index (χ3v) is 9.29. The summed E-state index contributed by atoms with van der Waals surface area (Å²) in [6.07, 6.45) is 15.7. The van der Waals surface area contributed by atoms with Gasteiger partial charge in [-0.15, -0.1) is 0 Å². The van der Waals surface area contributed by atoms with Crippen LogP contribution >= 0.6 is 0 Å². The fraction of sp³-hybridized carbons (Fsp3) is 0.310. The van der Waals surface area contributed by atoms with Crippen molar-refractivity contribution in [1.82, 2.24) is 0 Å². The summed E-state index contributed by atoms with van der Waals surface area (Å²) in [5.74, 6) is 1.79. The average Bonchev–Trinajstić information content (AvgIpc) is 3.67. The SMILES string of the molecule is CCCCCCOc1ccc(/C=C/C(=O)Oc2cccc3c2C2(CCc4cccc(OOCC=Cc5ccc(C)cc5)c42)CC3)cc1. The molecule has 0 aliphatic heterocycles. The summed E-state index contributed by atoms with van der Waals surface area (Å²) < 4.78 is 11.9. The zero-order chi connectivity index (χ0) is 32.5. The summed E-state index contributed by atoms with van der Waals surface area (Å²) in [5, 5.41) is 0. The molecule has 0 aromatic heterocycles. The topological polar surface area (TPSA) is 54.0 Å². The van der Waals surface area contributed by atoms with Gasteiger partial charge >= 0.3 is 5.97 Å². The van der Waals surface area contributed by atoms with Crippen molar-refractivity contribution in [3.63, 3.8) is 0 Å². The standard InChI is InChI=1S/C42H44O5/c1-3-4-5-6-29-44-36-22-19-33(20-23-36)21-24-39(43)46-37-13-7-11-34-25-27-42(40(34)37)28-26-35-12-8-14-38(41(35)42)47-45-30-9-10-32-17-15-31(2)16-18-32/h7-24H,3-6,25-30H2,1-2H3/b10-9?,24-21+. The maximum atomic E-state index is 13.1. The van der Waals surface area contributed by atoms with Gasteiger partial charge in [0.2, 0.25) is 0 Å². The van der Waals surface area contributed by atoms with E-state index < -0.39 is 5.97 Å². The van der Waals surface area contributed by atoms with E-state index in [1.54, 1.807) is 6.08 Å². The first-order valence-electron chi connectivity index (χ1n) is 17.0. The van der Waals surface area contributed by atoms with Crippen molar-refractivity contribution in [3.8, 4) is 17.2 Å². The van der Waals surface area contributed by atoms with E-state index in [9.17, 15) is 4.79 Å². The lowest BCUT2D eigenvalue weighted by Gasteiger charge is -2.29. The summed E-state index contributed by atoms with van der Waals surface area (Å²) in [4.78, 5) is 24.8. The van der Waals surface area contributed by atoms with Crippen LogP contribution in [0.3, 0.4) is 0 Å². The first-order chi connectivity index (χ1) is 23.1. The van der Waals surface area contributed by atoms with Crippen LogP contribution in [0.5, 0.6) is 17.2 Å². The molecule has 0 N–H and O–H groups in total. The Morgan fingerprint density at radius 3 is 2.15 bits per heavy atom. The number of unbranched alkanes of at least 4 members (excludes halogenated alkanes) is 3. The van der Waals surface area contributed by atoms with Crippen molar-refractivity contribution in [2.24, 2.45) is 0 Å². The van der Waals surface area contributed by atoms with Crippen molar-refractivity contribution in [2.45, 2.75) is 70.6 Å². The highest BCUT2D eigenvalue weighted by atomic mass is 17.2. The Hall–Kier alpha value is -4.61. The molecule has 0 heterocycles. The van der Waals surface area contributed by atoms with Gasteiger partial charge in [0, 0.05) is 22.6 Å². The highest BCUT2D eigenvalue weighted by Crippen LogP contribution is 2.57. The summed E-state index contributed by atoms with van der Waals surface area (Å²) in [5.41, 5.74) is 7.68. The van der Waals surface area contributed by atoms with E-state index in [0.717, 1.165) is 72.5 Å². The van der Waals surface area contributed by atoms with Crippen LogP contribution in [0.15, 0.2) is 97.1 Å². The largest absolute Gasteiger partial charge is 0.494 e. The Balaban J connectivity index is 1.13. The molecule has 2 aliphatic carbocycles. The third kappa shape index (κ3) is 7.69. The number of rotatable bonds is 14. The van der Waals surface area contributed by atoms with E-state index in [1.165, 1.54) is 42.0 Å². The molecule has 0 radical (unpaired) electrons. The van der Waals surface area contributed by atoms with Gasteiger partial charge in [-0.05, 0) is 91.6 Å². The quantitative estimate of drug-likeness (QED) is 0.0348. The summed E-state index contributed by atoms with van der Waals surface area (Å²) in [6.45, 7) is 5.33. The third-order valence-electron chi connectivity index (χ3n) is 9.29. The minimum Gasteiger partial charge on any atom is -0.494 e. The van der Waals surface area contributed by atoms with Crippen LogP contribution < -0.4 is 14.4 Å². The van der Waals surface area contributed by atoms with Crippen LogP contribution in [-0.2, 0) is 27.9 Å². The van der Waals surface area contributed by atoms with E-state index in [1.807, 2.05) is 60.7 Å². The number of hydrogen-bond donors (Lipinski definition) is 0. The van der Waals surface area contributed by atoms with E-state index in [0.29, 0.717) is 12.4 Å². The Morgan fingerprint density at radius 1 is 0.766 bits per heavy atom. The average molecular weight is 629 g/mol. The lowest BCUT2D eigenvalue weighted by Crippen LogP contribution is -2.24. The van der Waals surface area contributed by atoms with Gasteiger partial charge in [0.1, 0.15) is 18.1 Å². The molecule has 2 aliphatic rings. The van der Waals surface area contributed by atoms with Gasteiger partial charge < -0.3 is 14.4 Å². The molecular formula is C42H44O5. The van der Waals surface area contributed by atoms with Crippen molar-refractivity contribution in [3.05, 3.63) is 136 Å². The van der Waals surface area contributed by atoms with Gasteiger partial charge in [0.15, 0.2) is 5.75 Å². The molecule has 0 fully saturated rings. The van der Waals surface area contributed by atoms with Gasteiger partial charge in [-0.2, -0.15) is 4.89 Å². The second-order valence-electron chi connectivity index (χ2n) is 12.6. The Bertz CT molecular complexity index is 1710. The van der Waals surface area contributed by atoms with Gasteiger partial charge in [-0.25, -0.2) is 4.79 Å². The molecule has 0 amide bonds. The number of carbonyl (C=O) groups is 1. The van der Waals surface area contributed by atoms with Crippen LogP contribution in [0, 0.1) is 6.92 Å². The molecule has 4 aromatic carbocycles. The number of ether oxygens (including phenoxy) is 2. The molecule has 1 spiro atoms. The fourth-order valence-electron chi connectivity index (χ4n) is 6.96. The first kappa shape index (κ1) is 32.3. The molecule has 6 rings (SSSR count). The second-order valence-corrected chi connectivity index (χ2v) is 12.6. The van der Waals surface area contributed by atoms with Gasteiger partial charge in [0.05, 0.1) is 6.61 Å². The molecule has 4 aromatic rings. The van der Waals surface area contributed by atoms with Gasteiger partial charge in [-0.3, -0.25) is 0 Å². The summed E-state index contributed by atoms with van der Waals surface area (Å²) in [6, 6.07) is 28.4. The molecule has 242 valence electrons. The van der Waals surface area contributed by atoms with E-state index in [-0.39, 0.29) is 5.41 Å². The summed E-state index contributed by atoms with van der Waals surface area (Å²) >= 11 is 0. The number of aryl methyl sites for hydroxylation is 3. The Labute approximate surface area is 278 Å². The number of carbonyl (C=O) groups excluding carboxylic acids is 1. The minimum absolute atomic E-state index is 0.296. The molecule has 5 heteroatoms. The van der Waals surface area contributed by atoms with Crippen molar-refractivity contribution >= 4 is 18.1 Å². The summed E-state index contributed by atoms with van der Waals surface area (Å²) in [7, 11) is 0. The number of esters is 1. The highest BCUT2D eigenvalue weighted by molar-refractivity contribution is 5.89. The monoisotopic (exact) mass is 628 g/mol. The van der Waals surface area contributed by atoms with E-state index in [2.05, 4.69) is 50.2 Å². The molecule has 0 saturated heterocycles. The van der Waals surface area contributed by atoms with Crippen LogP contribution in [0.25, 0.3) is 12.2 Å². The zero-order valence-corrected chi connectivity index (χ0v) is 27.5. The molecular weight excluding hydrogens is 584 g/mol. The predicted molar refractivity (Wildman–Crippen MR) is 188 cm³/mol. The normalized spacial score (nSPS) is 16.6. The smallest absolute Gasteiger partial charge is 0.336 e. The van der Waals surface area contributed by atoms with Crippen molar-refractivity contribution in [2.75, 3.05) is 13.2 Å². The van der Waals surface area contributed by atoms with Gasteiger partial charge in [0.25, 0.3) is 0 Å². The Kier molecular flexibility index (Phi) is 10.5. The molecule has 5 nitrogen and oxygen atoms in total. The maximum Gasteiger partial charge on any atom is 0.336 e.